The molecule has 0 spiro atoms. The number of nitrogens with two attached hydrogens (primary N) is 1. The fourth-order valence-corrected chi connectivity index (χ4v) is 2.36. The smallest absolute Gasteiger partial charge is 0.126 e. The van der Waals surface area contributed by atoms with Gasteiger partial charge in [-0.1, -0.05) is 24.3 Å². The minimum atomic E-state index is -0.165. The van der Waals surface area contributed by atoms with Crippen molar-refractivity contribution in [3.05, 3.63) is 58.9 Å². The van der Waals surface area contributed by atoms with Crippen molar-refractivity contribution < 1.29 is 4.39 Å². The minimum Gasteiger partial charge on any atom is -0.397 e. The van der Waals surface area contributed by atoms with Gasteiger partial charge in [-0.3, -0.25) is 0 Å². The van der Waals surface area contributed by atoms with Gasteiger partial charge in [0.1, 0.15) is 5.82 Å². The van der Waals surface area contributed by atoms with Crippen LogP contribution in [0.4, 0.5) is 15.8 Å². The van der Waals surface area contributed by atoms with Crippen LogP contribution in [-0.2, 0) is 6.54 Å². The second-order valence-corrected chi connectivity index (χ2v) is 4.95. The van der Waals surface area contributed by atoms with Crippen molar-refractivity contribution in [3.8, 4) is 0 Å². The van der Waals surface area contributed by atoms with Crippen LogP contribution in [0.5, 0.6) is 0 Å². The lowest BCUT2D eigenvalue weighted by molar-refractivity contribution is 0.617. The molecular formula is C16H19FN2. The summed E-state index contributed by atoms with van der Waals surface area (Å²) >= 11 is 0. The van der Waals surface area contributed by atoms with Crippen LogP contribution in [0.2, 0.25) is 0 Å². The molecule has 0 bridgehead atoms. The Morgan fingerprint density at radius 3 is 2.47 bits per heavy atom. The Bertz CT molecular complexity index is 573. The van der Waals surface area contributed by atoms with Crippen LogP contribution in [0.3, 0.4) is 0 Å². The van der Waals surface area contributed by atoms with Gasteiger partial charge in [-0.2, -0.15) is 0 Å². The van der Waals surface area contributed by atoms with Crippen molar-refractivity contribution in [3.63, 3.8) is 0 Å². The van der Waals surface area contributed by atoms with E-state index >= 15 is 0 Å². The first-order valence-corrected chi connectivity index (χ1v) is 6.30. The Labute approximate surface area is 113 Å². The van der Waals surface area contributed by atoms with Gasteiger partial charge in [-0.15, -0.1) is 0 Å². The quantitative estimate of drug-likeness (QED) is 0.851. The van der Waals surface area contributed by atoms with Gasteiger partial charge >= 0.3 is 0 Å². The third-order valence-corrected chi connectivity index (χ3v) is 3.29. The number of hydrogen-bond donors (Lipinski definition) is 1. The van der Waals surface area contributed by atoms with E-state index in [0.717, 1.165) is 22.5 Å². The topological polar surface area (TPSA) is 29.3 Å². The monoisotopic (exact) mass is 258 g/mol. The van der Waals surface area contributed by atoms with Crippen molar-refractivity contribution in [1.82, 2.24) is 0 Å². The minimum absolute atomic E-state index is 0.165. The number of rotatable bonds is 3. The molecule has 0 heterocycles. The summed E-state index contributed by atoms with van der Waals surface area (Å²) in [6.07, 6.45) is 0. The van der Waals surface area contributed by atoms with Crippen molar-refractivity contribution in [2.45, 2.75) is 20.4 Å². The number of aryl methyl sites for hydroxylation is 2. The molecule has 3 heteroatoms. The first kappa shape index (κ1) is 13.4. The number of nitrogen functional groups attached to an aromatic ring is 1. The SMILES string of the molecule is Cc1cc(CN(C)c2c(C)cccc2N)ccc1F. The predicted octanol–water partition coefficient (Wildman–Crippen LogP) is 3.66. The van der Waals surface area contributed by atoms with E-state index in [1.54, 1.807) is 6.92 Å². The van der Waals surface area contributed by atoms with Crippen LogP contribution in [-0.4, -0.2) is 7.05 Å². The third kappa shape index (κ3) is 2.87. The van der Waals surface area contributed by atoms with E-state index in [2.05, 4.69) is 4.90 Å². The molecule has 0 radical (unpaired) electrons. The lowest BCUT2D eigenvalue weighted by Gasteiger charge is -2.23. The molecule has 100 valence electrons. The summed E-state index contributed by atoms with van der Waals surface area (Å²) in [5.74, 6) is -0.165. The van der Waals surface area contributed by atoms with Gasteiger partial charge in [-0.05, 0) is 42.7 Å². The molecule has 0 saturated carbocycles. The predicted molar refractivity (Wildman–Crippen MR) is 78.8 cm³/mol. The molecule has 2 aromatic rings. The first-order valence-electron chi connectivity index (χ1n) is 6.30. The largest absolute Gasteiger partial charge is 0.397 e. The van der Waals surface area contributed by atoms with E-state index in [1.165, 1.54) is 6.07 Å². The molecule has 0 aliphatic carbocycles. The molecule has 0 fully saturated rings. The van der Waals surface area contributed by atoms with Gasteiger partial charge in [0, 0.05) is 13.6 Å². The summed E-state index contributed by atoms with van der Waals surface area (Å²) in [4.78, 5) is 2.09. The van der Waals surface area contributed by atoms with E-state index in [0.29, 0.717) is 12.1 Å². The summed E-state index contributed by atoms with van der Waals surface area (Å²) in [6.45, 7) is 4.52. The third-order valence-electron chi connectivity index (χ3n) is 3.29. The van der Waals surface area contributed by atoms with Gasteiger partial charge in [0.05, 0.1) is 11.4 Å². The number of benzene rings is 2. The lowest BCUT2D eigenvalue weighted by Crippen LogP contribution is -2.19. The maximum absolute atomic E-state index is 13.3. The molecule has 2 nitrogen and oxygen atoms in total. The highest BCUT2D eigenvalue weighted by atomic mass is 19.1. The summed E-state index contributed by atoms with van der Waals surface area (Å²) < 4.78 is 13.3. The van der Waals surface area contributed by atoms with Crippen LogP contribution in [0.1, 0.15) is 16.7 Å². The maximum atomic E-state index is 13.3. The average molecular weight is 258 g/mol. The molecule has 0 amide bonds. The van der Waals surface area contributed by atoms with Gasteiger partial charge in [-0.25, -0.2) is 4.39 Å². The van der Waals surface area contributed by atoms with Crippen LogP contribution in [0.25, 0.3) is 0 Å². The van der Waals surface area contributed by atoms with Crippen molar-refractivity contribution in [2.75, 3.05) is 17.7 Å². The zero-order valence-corrected chi connectivity index (χ0v) is 11.6. The number of para-hydroxylation sites is 1. The molecule has 0 atom stereocenters. The van der Waals surface area contributed by atoms with E-state index in [4.69, 9.17) is 5.73 Å². The normalized spacial score (nSPS) is 10.5. The van der Waals surface area contributed by atoms with Crippen LogP contribution >= 0.6 is 0 Å². The van der Waals surface area contributed by atoms with E-state index < -0.39 is 0 Å². The Morgan fingerprint density at radius 1 is 1.11 bits per heavy atom. The Morgan fingerprint density at radius 2 is 1.84 bits per heavy atom. The Kier molecular flexibility index (Phi) is 3.74. The molecule has 0 aliphatic heterocycles. The molecule has 0 aliphatic rings. The van der Waals surface area contributed by atoms with Gasteiger partial charge in [0.25, 0.3) is 0 Å². The van der Waals surface area contributed by atoms with Crippen molar-refractivity contribution in [2.24, 2.45) is 0 Å². The highest BCUT2D eigenvalue weighted by Crippen LogP contribution is 2.27. The fourth-order valence-electron chi connectivity index (χ4n) is 2.36. The molecule has 2 rings (SSSR count). The molecule has 0 unspecified atom stereocenters. The van der Waals surface area contributed by atoms with Crippen LogP contribution < -0.4 is 10.6 Å². The van der Waals surface area contributed by atoms with Crippen LogP contribution in [0, 0.1) is 19.7 Å². The summed E-state index contributed by atoms with van der Waals surface area (Å²) in [6, 6.07) is 11.1. The molecule has 2 N–H and O–H groups in total. The highest BCUT2D eigenvalue weighted by molar-refractivity contribution is 5.71. The van der Waals surface area contributed by atoms with Crippen molar-refractivity contribution in [1.29, 1.82) is 0 Å². The zero-order valence-electron chi connectivity index (χ0n) is 11.6. The first-order chi connectivity index (χ1) is 8.99. The van der Waals surface area contributed by atoms with Crippen LogP contribution in [0.15, 0.2) is 36.4 Å². The Balaban J connectivity index is 2.25. The average Bonchev–Trinajstić information content (AvgIpc) is 2.33. The standard InChI is InChI=1S/C16H19FN2/c1-11-5-4-6-15(18)16(11)19(3)10-13-7-8-14(17)12(2)9-13/h4-9H,10,18H2,1-3H3. The number of anilines is 2. The number of nitrogens with zero attached hydrogens (tertiary/aromatic N) is 1. The second kappa shape index (κ2) is 5.31. The summed E-state index contributed by atoms with van der Waals surface area (Å²) in [7, 11) is 2.00. The van der Waals surface area contributed by atoms with E-state index in [1.807, 2.05) is 44.3 Å². The van der Waals surface area contributed by atoms with Crippen molar-refractivity contribution >= 4 is 11.4 Å². The number of halogens is 1. The molecule has 0 saturated heterocycles. The van der Waals surface area contributed by atoms with E-state index in [-0.39, 0.29) is 5.82 Å². The van der Waals surface area contributed by atoms with Gasteiger partial charge in [0.15, 0.2) is 0 Å². The highest BCUT2D eigenvalue weighted by Gasteiger charge is 2.09. The summed E-state index contributed by atoms with van der Waals surface area (Å²) in [5, 5.41) is 0. The second-order valence-electron chi connectivity index (χ2n) is 4.95. The lowest BCUT2D eigenvalue weighted by atomic mass is 10.1. The molecular weight excluding hydrogens is 239 g/mol. The Hall–Kier alpha value is -2.03. The van der Waals surface area contributed by atoms with Gasteiger partial charge in [0.2, 0.25) is 0 Å². The number of hydrogen-bond acceptors (Lipinski definition) is 2. The maximum Gasteiger partial charge on any atom is 0.126 e. The molecule has 0 aromatic heterocycles. The fraction of sp³-hybridized carbons (Fsp3) is 0.250. The summed E-state index contributed by atoms with van der Waals surface area (Å²) in [5.41, 5.74) is 10.7. The molecule has 19 heavy (non-hydrogen) atoms. The molecule has 2 aromatic carbocycles. The zero-order chi connectivity index (χ0) is 14.0. The van der Waals surface area contributed by atoms with Gasteiger partial charge < -0.3 is 10.6 Å². The van der Waals surface area contributed by atoms with E-state index in [9.17, 15) is 4.39 Å².